The van der Waals surface area contributed by atoms with E-state index in [2.05, 4.69) is 20.7 Å². The Balaban J connectivity index is 1.33. The first kappa shape index (κ1) is 23.6. The topological polar surface area (TPSA) is 115 Å². The van der Waals surface area contributed by atoms with Crippen molar-refractivity contribution in [3.63, 3.8) is 0 Å². The average molecular weight is 488 g/mol. The lowest BCUT2D eigenvalue weighted by atomic mass is 9.85. The number of hydrogen-bond donors (Lipinski definition) is 2. The lowest BCUT2D eigenvalue weighted by molar-refractivity contribution is -0.120. The molecule has 3 aromatic rings. The predicted molar refractivity (Wildman–Crippen MR) is 122 cm³/mol. The Kier molecular flexibility index (Phi) is 7.06. The number of anilines is 1. The second-order valence-electron chi connectivity index (χ2n) is 8.02. The molecule has 2 heterocycles. The number of nitrogens with one attached hydrogen (secondary N) is 2. The van der Waals surface area contributed by atoms with Gasteiger partial charge in [0.2, 0.25) is 5.91 Å². The minimum atomic E-state index is -0.513. The fourth-order valence-electron chi connectivity index (χ4n) is 3.94. The largest absolute Gasteiger partial charge is 0.462 e. The zero-order chi connectivity index (χ0) is 24.2. The molecule has 178 valence electrons. The first-order valence-corrected chi connectivity index (χ1v) is 11.3. The minimum absolute atomic E-state index is 0.0975. The van der Waals surface area contributed by atoms with E-state index in [1.807, 2.05) is 0 Å². The highest BCUT2D eigenvalue weighted by Crippen LogP contribution is 2.28. The Morgan fingerprint density at radius 2 is 1.97 bits per heavy atom. The van der Waals surface area contributed by atoms with E-state index in [9.17, 15) is 18.8 Å². The molecule has 1 aromatic carbocycles. The third kappa shape index (κ3) is 5.17. The Labute approximate surface area is 199 Å². The monoisotopic (exact) mass is 487 g/mol. The number of carbonyl (C=O) groups excluding carboxylic acids is 3. The van der Waals surface area contributed by atoms with Crippen LogP contribution in [0.25, 0.3) is 5.65 Å². The van der Waals surface area contributed by atoms with Crippen molar-refractivity contribution in [3.05, 3.63) is 58.8 Å². The third-order valence-electron chi connectivity index (χ3n) is 5.73. The summed E-state index contributed by atoms with van der Waals surface area (Å²) in [6.45, 7) is 1.95. The van der Waals surface area contributed by atoms with Gasteiger partial charge in [0.25, 0.3) is 5.91 Å². The molecule has 2 aromatic heterocycles. The van der Waals surface area contributed by atoms with Crippen molar-refractivity contribution in [2.45, 2.75) is 38.6 Å². The molecule has 0 atom stereocenters. The number of halogens is 2. The summed E-state index contributed by atoms with van der Waals surface area (Å²) in [6, 6.07) is 3.72. The van der Waals surface area contributed by atoms with Gasteiger partial charge in [-0.05, 0) is 50.8 Å². The third-order valence-corrected chi connectivity index (χ3v) is 6.05. The summed E-state index contributed by atoms with van der Waals surface area (Å²) in [6.07, 6.45) is 6.65. The van der Waals surface area contributed by atoms with Gasteiger partial charge in [-0.25, -0.2) is 18.7 Å². The van der Waals surface area contributed by atoms with Gasteiger partial charge in [0, 0.05) is 24.4 Å². The molecule has 1 saturated carbocycles. The molecule has 1 aliphatic rings. The van der Waals surface area contributed by atoms with E-state index >= 15 is 0 Å². The highest BCUT2D eigenvalue weighted by molar-refractivity contribution is 6.33. The first-order chi connectivity index (χ1) is 16.4. The number of carbonyl (C=O) groups is 3. The average Bonchev–Trinajstić information content (AvgIpc) is 3.25. The van der Waals surface area contributed by atoms with Crippen LogP contribution >= 0.6 is 11.6 Å². The van der Waals surface area contributed by atoms with Crippen LogP contribution in [0.3, 0.4) is 0 Å². The van der Waals surface area contributed by atoms with Crippen molar-refractivity contribution in [1.29, 1.82) is 0 Å². The number of nitrogens with zero attached hydrogens (tertiary/aromatic N) is 3. The maximum absolute atomic E-state index is 13.2. The van der Waals surface area contributed by atoms with Gasteiger partial charge in [-0.15, -0.1) is 0 Å². The molecule has 0 unspecified atom stereocenters. The number of aromatic nitrogens is 3. The van der Waals surface area contributed by atoms with Gasteiger partial charge in [0.1, 0.15) is 11.4 Å². The van der Waals surface area contributed by atoms with E-state index in [0.717, 1.165) is 6.07 Å². The molecule has 0 aliphatic heterocycles. The van der Waals surface area contributed by atoms with Crippen LogP contribution < -0.4 is 10.6 Å². The van der Waals surface area contributed by atoms with Crippen molar-refractivity contribution >= 4 is 40.7 Å². The molecular weight excluding hydrogens is 465 g/mol. The highest BCUT2D eigenvalue weighted by Gasteiger charge is 2.28. The van der Waals surface area contributed by atoms with Crippen molar-refractivity contribution in [3.8, 4) is 0 Å². The normalized spacial score (nSPS) is 17.9. The second-order valence-corrected chi connectivity index (χ2v) is 8.43. The van der Waals surface area contributed by atoms with Crippen LogP contribution in [0, 0.1) is 11.7 Å². The van der Waals surface area contributed by atoms with Crippen LogP contribution in [0.15, 0.2) is 36.8 Å². The van der Waals surface area contributed by atoms with Crippen molar-refractivity contribution < 1.29 is 23.5 Å². The zero-order valence-corrected chi connectivity index (χ0v) is 19.1. The van der Waals surface area contributed by atoms with Crippen LogP contribution in [-0.4, -0.2) is 45.0 Å². The van der Waals surface area contributed by atoms with E-state index in [1.54, 1.807) is 6.92 Å². The lowest BCUT2D eigenvalue weighted by Crippen LogP contribution is -2.39. The fraction of sp³-hybridized carbons (Fsp3) is 0.348. The van der Waals surface area contributed by atoms with Gasteiger partial charge in [0.15, 0.2) is 5.65 Å². The lowest BCUT2D eigenvalue weighted by Gasteiger charge is -2.28. The number of benzene rings is 1. The molecule has 0 radical (unpaired) electrons. The Bertz CT molecular complexity index is 1240. The summed E-state index contributed by atoms with van der Waals surface area (Å²) >= 11 is 5.98. The van der Waals surface area contributed by atoms with Crippen LogP contribution in [0.2, 0.25) is 5.02 Å². The highest BCUT2D eigenvalue weighted by atomic mass is 35.5. The number of esters is 1. The van der Waals surface area contributed by atoms with Crippen LogP contribution in [0.5, 0.6) is 0 Å². The van der Waals surface area contributed by atoms with Crippen molar-refractivity contribution in [1.82, 2.24) is 19.9 Å². The Morgan fingerprint density at radius 1 is 1.21 bits per heavy atom. The summed E-state index contributed by atoms with van der Waals surface area (Å²) in [5.41, 5.74) is 1.23. The summed E-state index contributed by atoms with van der Waals surface area (Å²) in [4.78, 5) is 41.5. The molecule has 11 heteroatoms. The van der Waals surface area contributed by atoms with Crippen LogP contribution in [-0.2, 0) is 9.53 Å². The number of rotatable bonds is 6. The minimum Gasteiger partial charge on any atom is -0.462 e. The first-order valence-electron chi connectivity index (χ1n) is 10.9. The zero-order valence-electron chi connectivity index (χ0n) is 18.4. The molecule has 1 aliphatic carbocycles. The van der Waals surface area contributed by atoms with Gasteiger partial charge >= 0.3 is 5.97 Å². The van der Waals surface area contributed by atoms with E-state index in [1.165, 1.54) is 35.2 Å². The van der Waals surface area contributed by atoms with E-state index in [-0.39, 0.29) is 41.0 Å². The number of ether oxygens (including phenoxy) is 1. The van der Waals surface area contributed by atoms with Crippen molar-refractivity contribution in [2.75, 3.05) is 11.9 Å². The molecule has 34 heavy (non-hydrogen) atoms. The smallest absolute Gasteiger partial charge is 0.341 e. The summed E-state index contributed by atoms with van der Waals surface area (Å²) in [5, 5.41) is 9.99. The van der Waals surface area contributed by atoms with Gasteiger partial charge in [0.05, 0.1) is 29.1 Å². The molecule has 0 bridgehead atoms. The Hall–Kier alpha value is -3.53. The molecule has 9 nitrogen and oxygen atoms in total. The summed E-state index contributed by atoms with van der Waals surface area (Å²) in [5.74, 6) is -1.71. The molecule has 4 rings (SSSR count). The van der Waals surface area contributed by atoms with E-state index < -0.39 is 11.8 Å². The SMILES string of the molecule is CCOC(=O)c1cnc2c(C(=O)NC3CCC(C(=O)Nc4ccc(F)cc4Cl)CC3)cnn2c1. The van der Waals surface area contributed by atoms with E-state index in [0.29, 0.717) is 42.6 Å². The van der Waals surface area contributed by atoms with Gasteiger partial charge in [-0.2, -0.15) is 5.10 Å². The van der Waals surface area contributed by atoms with Gasteiger partial charge in [-0.1, -0.05) is 11.6 Å². The summed E-state index contributed by atoms with van der Waals surface area (Å²) < 4.78 is 19.5. The van der Waals surface area contributed by atoms with Crippen molar-refractivity contribution in [2.24, 2.45) is 5.92 Å². The molecule has 2 amide bonds. The quantitative estimate of drug-likeness (QED) is 0.513. The standard InChI is InChI=1S/C23H23ClFN5O4/c1-2-34-23(33)14-10-26-20-17(11-27-30(20)12-14)22(32)28-16-6-3-13(4-7-16)21(31)29-19-8-5-15(25)9-18(19)24/h5,8-13,16H,2-4,6-7H2,1H3,(H,28,32)(H,29,31). The van der Waals surface area contributed by atoms with Crippen LogP contribution in [0.4, 0.5) is 10.1 Å². The Morgan fingerprint density at radius 3 is 2.68 bits per heavy atom. The predicted octanol–water partition coefficient (Wildman–Crippen LogP) is 3.63. The fourth-order valence-corrected chi connectivity index (χ4v) is 4.16. The van der Waals surface area contributed by atoms with Gasteiger partial charge in [-0.3, -0.25) is 9.59 Å². The molecular formula is C23H23ClFN5O4. The summed E-state index contributed by atoms with van der Waals surface area (Å²) in [7, 11) is 0. The molecule has 1 fully saturated rings. The maximum Gasteiger partial charge on any atom is 0.341 e. The molecule has 0 saturated heterocycles. The molecule has 2 N–H and O–H groups in total. The number of hydrogen-bond acceptors (Lipinski definition) is 6. The number of amides is 2. The molecule has 0 spiro atoms. The van der Waals surface area contributed by atoms with Crippen LogP contribution in [0.1, 0.15) is 53.3 Å². The van der Waals surface area contributed by atoms with Gasteiger partial charge < -0.3 is 15.4 Å². The maximum atomic E-state index is 13.2. The van der Waals surface area contributed by atoms with E-state index in [4.69, 9.17) is 16.3 Å². The number of fused-ring (bicyclic) bond motifs is 1. The second kappa shape index (κ2) is 10.2.